The third kappa shape index (κ3) is 5.85. The Morgan fingerprint density at radius 2 is 1.62 bits per heavy atom. The highest BCUT2D eigenvalue weighted by Crippen LogP contribution is 2.42. The van der Waals surface area contributed by atoms with Crippen molar-refractivity contribution >= 4 is 5.97 Å². The Bertz CT molecular complexity index is 886. The lowest BCUT2D eigenvalue weighted by atomic mass is 9.71. The van der Waals surface area contributed by atoms with Crippen LogP contribution in [-0.4, -0.2) is 11.1 Å². The molecule has 0 atom stereocenters. The Labute approximate surface area is 176 Å². The molecule has 2 aromatic rings. The van der Waals surface area contributed by atoms with Crippen LogP contribution >= 0.6 is 0 Å². The zero-order valence-corrected chi connectivity index (χ0v) is 19.3. The first-order valence-corrected chi connectivity index (χ1v) is 10.4. The predicted octanol–water partition coefficient (Wildman–Crippen LogP) is 6.57. The summed E-state index contributed by atoms with van der Waals surface area (Å²) in [5.41, 5.74) is 4.95. The van der Waals surface area contributed by atoms with E-state index in [2.05, 4.69) is 47.6 Å². The first-order chi connectivity index (χ1) is 13.3. The van der Waals surface area contributed by atoms with E-state index >= 15 is 0 Å². The number of ether oxygens (including phenoxy) is 1. The summed E-state index contributed by atoms with van der Waals surface area (Å²) < 4.78 is 5.51. The van der Waals surface area contributed by atoms with E-state index in [1.54, 1.807) is 0 Å². The minimum atomic E-state index is -0.255. The molecule has 2 rings (SSSR count). The Kier molecular flexibility index (Phi) is 6.82. The summed E-state index contributed by atoms with van der Waals surface area (Å²) in [5, 5.41) is 11.0. The van der Waals surface area contributed by atoms with Crippen molar-refractivity contribution in [2.24, 2.45) is 5.41 Å². The molecular weight excluding hydrogens is 360 g/mol. The first-order valence-electron chi connectivity index (χ1n) is 10.4. The fraction of sp³-hybridized carbons (Fsp3) is 0.500. The molecule has 0 aliphatic heterocycles. The predicted molar refractivity (Wildman–Crippen MR) is 120 cm³/mol. The molecule has 158 valence electrons. The van der Waals surface area contributed by atoms with Crippen molar-refractivity contribution in [2.75, 3.05) is 0 Å². The van der Waals surface area contributed by atoms with Crippen LogP contribution < -0.4 is 4.74 Å². The van der Waals surface area contributed by atoms with Crippen LogP contribution in [0.1, 0.15) is 75.3 Å². The van der Waals surface area contributed by atoms with Gasteiger partial charge in [-0.1, -0.05) is 58.9 Å². The molecule has 0 saturated heterocycles. The number of carbonyl (C=O) groups is 1. The first kappa shape index (κ1) is 23.0. The van der Waals surface area contributed by atoms with Crippen LogP contribution in [0.4, 0.5) is 0 Å². The van der Waals surface area contributed by atoms with Gasteiger partial charge in [-0.2, -0.15) is 0 Å². The van der Waals surface area contributed by atoms with Gasteiger partial charge in [0.2, 0.25) is 0 Å². The molecule has 2 aromatic carbocycles. The number of para-hydroxylation sites is 1. The number of phenolic OH excluding ortho intramolecular Hbond substituents is 1. The molecule has 0 amide bonds. The van der Waals surface area contributed by atoms with E-state index in [9.17, 15) is 9.90 Å². The summed E-state index contributed by atoms with van der Waals surface area (Å²) in [6.07, 6.45) is 1.80. The lowest BCUT2D eigenvalue weighted by molar-refractivity contribution is -0.134. The molecule has 1 N–H and O–H groups in total. The zero-order chi connectivity index (χ0) is 22.0. The number of benzene rings is 2. The molecule has 0 bridgehead atoms. The van der Waals surface area contributed by atoms with Gasteiger partial charge in [0.1, 0.15) is 11.5 Å². The molecule has 3 heteroatoms. The number of aromatic hydroxyl groups is 1. The van der Waals surface area contributed by atoms with Crippen LogP contribution in [0.5, 0.6) is 11.5 Å². The maximum atomic E-state index is 12.3. The van der Waals surface area contributed by atoms with Crippen LogP contribution in [0.2, 0.25) is 0 Å². The second-order valence-corrected chi connectivity index (χ2v) is 10.1. The third-order valence-electron chi connectivity index (χ3n) is 5.50. The van der Waals surface area contributed by atoms with Crippen LogP contribution in [0.25, 0.3) is 0 Å². The van der Waals surface area contributed by atoms with Crippen LogP contribution in [0.3, 0.4) is 0 Å². The molecule has 0 aliphatic carbocycles. The summed E-state index contributed by atoms with van der Waals surface area (Å²) in [4.78, 5) is 12.3. The highest BCUT2D eigenvalue weighted by Gasteiger charge is 2.31. The molecule has 0 unspecified atom stereocenters. The Morgan fingerprint density at radius 3 is 2.21 bits per heavy atom. The summed E-state index contributed by atoms with van der Waals surface area (Å²) in [5.74, 6) is 0.704. The third-order valence-corrected chi connectivity index (χ3v) is 5.50. The van der Waals surface area contributed by atoms with Crippen LogP contribution in [0, 0.1) is 26.2 Å². The highest BCUT2D eigenvalue weighted by atomic mass is 16.5. The van der Waals surface area contributed by atoms with E-state index in [0.29, 0.717) is 17.9 Å². The second-order valence-electron chi connectivity index (χ2n) is 10.1. The lowest BCUT2D eigenvalue weighted by Crippen LogP contribution is -2.25. The highest BCUT2D eigenvalue weighted by molar-refractivity contribution is 5.73. The van der Waals surface area contributed by atoms with Gasteiger partial charge in [-0.15, -0.1) is 0 Å². The Hall–Kier alpha value is -2.29. The normalized spacial score (nSPS) is 12.1. The number of carbonyl (C=O) groups excluding carboxylic acids is 1. The number of rotatable bonds is 6. The fourth-order valence-corrected chi connectivity index (χ4v) is 4.41. The van der Waals surface area contributed by atoms with Crippen molar-refractivity contribution in [1.29, 1.82) is 0 Å². The van der Waals surface area contributed by atoms with Crippen molar-refractivity contribution in [3.8, 4) is 11.5 Å². The monoisotopic (exact) mass is 396 g/mol. The molecule has 0 fully saturated rings. The molecule has 0 heterocycles. The number of aryl methyl sites for hydroxylation is 2. The van der Waals surface area contributed by atoms with E-state index in [4.69, 9.17) is 4.74 Å². The molecule has 0 saturated carbocycles. The average Bonchev–Trinajstić information content (AvgIpc) is 2.58. The Morgan fingerprint density at radius 1 is 1.00 bits per heavy atom. The molecular formula is C26H36O3. The molecule has 0 aromatic heterocycles. The standard InChI is InChI=1S/C26H36O3/c1-17-11-9-10-12-22(17)29-23(27)14-13-20-18(2)15-21(24(28)19(20)3)26(7,8)16-25(4,5)6/h9-12,15,28H,13-14,16H2,1-8H3. The molecule has 0 radical (unpaired) electrons. The Balaban J connectivity index is 2.19. The zero-order valence-electron chi connectivity index (χ0n) is 19.3. The number of phenols is 1. The van der Waals surface area contributed by atoms with Gasteiger partial charge < -0.3 is 9.84 Å². The van der Waals surface area contributed by atoms with Crippen LogP contribution in [0.15, 0.2) is 30.3 Å². The summed E-state index contributed by atoms with van der Waals surface area (Å²) in [6, 6.07) is 9.61. The van der Waals surface area contributed by atoms with Crippen molar-refractivity contribution in [3.63, 3.8) is 0 Å². The quantitative estimate of drug-likeness (QED) is 0.444. The van der Waals surface area contributed by atoms with Gasteiger partial charge >= 0.3 is 5.97 Å². The molecule has 29 heavy (non-hydrogen) atoms. The van der Waals surface area contributed by atoms with Gasteiger partial charge in [0, 0.05) is 5.56 Å². The van der Waals surface area contributed by atoms with E-state index in [1.807, 2.05) is 38.1 Å². The lowest BCUT2D eigenvalue weighted by Gasteiger charge is -2.34. The van der Waals surface area contributed by atoms with Gasteiger partial charge in [0.05, 0.1) is 6.42 Å². The van der Waals surface area contributed by atoms with E-state index in [0.717, 1.165) is 34.2 Å². The maximum absolute atomic E-state index is 12.3. The minimum absolute atomic E-state index is 0.139. The SMILES string of the molecule is Cc1ccccc1OC(=O)CCc1c(C)cc(C(C)(C)CC(C)(C)C)c(O)c1C. The maximum Gasteiger partial charge on any atom is 0.311 e. The van der Waals surface area contributed by atoms with Crippen LogP contribution in [-0.2, 0) is 16.6 Å². The summed E-state index contributed by atoms with van der Waals surface area (Å²) >= 11 is 0. The second kappa shape index (κ2) is 8.61. The largest absolute Gasteiger partial charge is 0.507 e. The van der Waals surface area contributed by atoms with Gasteiger partial charge in [-0.05, 0) is 72.8 Å². The van der Waals surface area contributed by atoms with E-state index in [-0.39, 0.29) is 23.2 Å². The van der Waals surface area contributed by atoms with Gasteiger partial charge in [-0.25, -0.2) is 0 Å². The molecule has 3 nitrogen and oxygen atoms in total. The minimum Gasteiger partial charge on any atom is -0.507 e. The van der Waals surface area contributed by atoms with Crippen molar-refractivity contribution in [1.82, 2.24) is 0 Å². The van der Waals surface area contributed by atoms with Gasteiger partial charge in [0.15, 0.2) is 0 Å². The van der Waals surface area contributed by atoms with Gasteiger partial charge in [-0.3, -0.25) is 4.79 Å². The molecule has 0 spiro atoms. The smallest absolute Gasteiger partial charge is 0.311 e. The topological polar surface area (TPSA) is 46.5 Å². The number of hydrogen-bond donors (Lipinski definition) is 1. The summed E-state index contributed by atoms with van der Waals surface area (Å²) in [6.45, 7) is 17.0. The average molecular weight is 397 g/mol. The van der Waals surface area contributed by atoms with Crippen molar-refractivity contribution in [2.45, 2.75) is 80.1 Å². The molecule has 0 aliphatic rings. The summed E-state index contributed by atoms with van der Waals surface area (Å²) in [7, 11) is 0. The number of esters is 1. The van der Waals surface area contributed by atoms with Crippen molar-refractivity contribution in [3.05, 3.63) is 58.1 Å². The number of hydrogen-bond acceptors (Lipinski definition) is 3. The fourth-order valence-electron chi connectivity index (χ4n) is 4.41. The van der Waals surface area contributed by atoms with E-state index < -0.39 is 0 Å². The van der Waals surface area contributed by atoms with Gasteiger partial charge in [0.25, 0.3) is 0 Å². The van der Waals surface area contributed by atoms with E-state index in [1.165, 1.54) is 0 Å². The van der Waals surface area contributed by atoms with Crippen molar-refractivity contribution < 1.29 is 14.6 Å².